The summed E-state index contributed by atoms with van der Waals surface area (Å²) in [6, 6.07) is 8.77. The van der Waals surface area contributed by atoms with E-state index in [4.69, 9.17) is 25.8 Å². The van der Waals surface area contributed by atoms with Gasteiger partial charge in [0.05, 0.1) is 17.2 Å². The number of fused-ring (bicyclic) bond motifs is 1. The summed E-state index contributed by atoms with van der Waals surface area (Å²) >= 11 is 5.97. The minimum atomic E-state index is -0.559. The molecular formula is C19H14ClFO5. The van der Waals surface area contributed by atoms with Gasteiger partial charge in [-0.15, -0.1) is 0 Å². The number of Topliss-reactive ketones (excluding diaryl/α,β-unsaturated/α-hetero) is 1. The van der Waals surface area contributed by atoms with Crippen LogP contribution in [-0.4, -0.2) is 25.0 Å². The Morgan fingerprint density at radius 1 is 1.31 bits per heavy atom. The molecule has 1 aliphatic rings. The van der Waals surface area contributed by atoms with Crippen LogP contribution in [0.3, 0.4) is 0 Å². The zero-order chi connectivity index (χ0) is 18.7. The van der Waals surface area contributed by atoms with E-state index in [1.165, 1.54) is 36.4 Å². The number of ether oxygens (including phenoxy) is 3. The van der Waals surface area contributed by atoms with Crippen LogP contribution in [-0.2, 0) is 9.53 Å². The summed E-state index contributed by atoms with van der Waals surface area (Å²) < 4.78 is 29.5. The Balaban J connectivity index is 1.81. The second-order valence-corrected chi connectivity index (χ2v) is 5.73. The average molecular weight is 377 g/mol. The fraction of sp³-hybridized carbons (Fsp3) is 0.158. The van der Waals surface area contributed by atoms with E-state index in [-0.39, 0.29) is 35.3 Å². The molecule has 0 N–H and O–H groups in total. The Morgan fingerprint density at radius 3 is 2.85 bits per heavy atom. The summed E-state index contributed by atoms with van der Waals surface area (Å²) in [6.07, 6.45) is 1.26. The molecule has 0 unspecified atom stereocenters. The lowest BCUT2D eigenvalue weighted by atomic mass is 10.1. The van der Waals surface area contributed by atoms with Crippen LogP contribution in [0.25, 0.3) is 6.08 Å². The van der Waals surface area contributed by atoms with Gasteiger partial charge < -0.3 is 14.2 Å². The first-order valence-corrected chi connectivity index (χ1v) is 8.18. The van der Waals surface area contributed by atoms with E-state index < -0.39 is 17.6 Å². The van der Waals surface area contributed by atoms with Gasteiger partial charge in [-0.1, -0.05) is 17.7 Å². The minimum Gasteiger partial charge on any atom is -0.482 e. The van der Waals surface area contributed by atoms with Crippen molar-refractivity contribution in [3.8, 4) is 11.5 Å². The molecule has 0 saturated heterocycles. The molecule has 0 amide bonds. The normalized spacial score (nSPS) is 14.1. The Labute approximate surface area is 153 Å². The van der Waals surface area contributed by atoms with E-state index in [9.17, 15) is 14.0 Å². The van der Waals surface area contributed by atoms with Gasteiger partial charge in [-0.05, 0) is 37.3 Å². The van der Waals surface area contributed by atoms with E-state index in [1.807, 2.05) is 0 Å². The molecule has 1 heterocycles. The van der Waals surface area contributed by atoms with E-state index in [0.717, 1.165) is 0 Å². The summed E-state index contributed by atoms with van der Waals surface area (Å²) in [5.74, 6) is -0.897. The van der Waals surface area contributed by atoms with Crippen LogP contribution in [0.1, 0.15) is 22.8 Å². The zero-order valence-electron chi connectivity index (χ0n) is 13.8. The fourth-order valence-corrected chi connectivity index (χ4v) is 2.60. The van der Waals surface area contributed by atoms with Crippen molar-refractivity contribution >= 4 is 29.4 Å². The largest absolute Gasteiger partial charge is 0.482 e. The maximum absolute atomic E-state index is 13.9. The molecule has 0 aromatic heterocycles. The Morgan fingerprint density at radius 2 is 2.12 bits per heavy atom. The predicted molar refractivity (Wildman–Crippen MR) is 92.9 cm³/mol. The van der Waals surface area contributed by atoms with Crippen molar-refractivity contribution in [1.29, 1.82) is 0 Å². The number of allylic oxidation sites excluding steroid dienone is 1. The summed E-state index contributed by atoms with van der Waals surface area (Å²) in [6.45, 7) is 1.70. The lowest BCUT2D eigenvalue weighted by Crippen LogP contribution is -2.14. The number of esters is 1. The lowest BCUT2D eigenvalue weighted by molar-refractivity contribution is -0.145. The summed E-state index contributed by atoms with van der Waals surface area (Å²) in [5, 5.41) is 0.170. The third-order valence-electron chi connectivity index (χ3n) is 3.58. The highest BCUT2D eigenvalue weighted by Crippen LogP contribution is 2.35. The molecule has 7 heteroatoms. The van der Waals surface area contributed by atoms with Crippen molar-refractivity contribution < 1.29 is 28.2 Å². The first-order chi connectivity index (χ1) is 12.5. The molecule has 0 aliphatic carbocycles. The predicted octanol–water partition coefficient (Wildman–Crippen LogP) is 4.04. The van der Waals surface area contributed by atoms with E-state index >= 15 is 0 Å². The molecule has 0 bridgehead atoms. The number of rotatable bonds is 5. The topological polar surface area (TPSA) is 61.8 Å². The molecule has 26 heavy (non-hydrogen) atoms. The molecule has 2 aromatic carbocycles. The van der Waals surface area contributed by atoms with Crippen molar-refractivity contribution in [2.24, 2.45) is 0 Å². The van der Waals surface area contributed by atoms with Crippen LogP contribution >= 0.6 is 11.6 Å². The van der Waals surface area contributed by atoms with Crippen LogP contribution < -0.4 is 9.47 Å². The SMILES string of the molecule is CCOC(=O)COc1ccc2c(c1)O/C(=C\c1c(F)cccc1Cl)C2=O. The maximum atomic E-state index is 13.9. The molecule has 134 valence electrons. The minimum absolute atomic E-state index is 0.0467. The second-order valence-electron chi connectivity index (χ2n) is 5.33. The molecule has 0 spiro atoms. The highest BCUT2D eigenvalue weighted by atomic mass is 35.5. The highest BCUT2D eigenvalue weighted by Gasteiger charge is 2.28. The summed E-state index contributed by atoms with van der Waals surface area (Å²) in [4.78, 5) is 23.7. The third-order valence-corrected chi connectivity index (χ3v) is 3.91. The molecule has 1 aliphatic heterocycles. The van der Waals surface area contributed by atoms with Crippen LogP contribution in [0.4, 0.5) is 4.39 Å². The van der Waals surface area contributed by atoms with Crippen LogP contribution in [0.15, 0.2) is 42.2 Å². The summed E-state index contributed by atoms with van der Waals surface area (Å²) in [5.41, 5.74) is 0.385. The first-order valence-electron chi connectivity index (χ1n) is 7.80. The van der Waals surface area contributed by atoms with Gasteiger partial charge in [-0.2, -0.15) is 0 Å². The van der Waals surface area contributed by atoms with Gasteiger partial charge in [0.15, 0.2) is 12.4 Å². The van der Waals surface area contributed by atoms with Crippen molar-refractivity contribution in [1.82, 2.24) is 0 Å². The number of ketones is 1. The second kappa shape index (κ2) is 7.58. The monoisotopic (exact) mass is 376 g/mol. The van der Waals surface area contributed by atoms with Crippen molar-refractivity contribution in [3.05, 3.63) is 64.1 Å². The maximum Gasteiger partial charge on any atom is 0.344 e. The first kappa shape index (κ1) is 17.9. The van der Waals surface area contributed by atoms with Gasteiger partial charge in [0.2, 0.25) is 5.78 Å². The van der Waals surface area contributed by atoms with Gasteiger partial charge in [0, 0.05) is 11.6 Å². The average Bonchev–Trinajstić information content (AvgIpc) is 2.92. The van der Waals surface area contributed by atoms with Crippen molar-refractivity contribution in [2.45, 2.75) is 6.92 Å². The quantitative estimate of drug-likeness (QED) is 0.582. The van der Waals surface area contributed by atoms with E-state index in [2.05, 4.69) is 0 Å². The van der Waals surface area contributed by atoms with Crippen molar-refractivity contribution in [2.75, 3.05) is 13.2 Å². The third kappa shape index (κ3) is 3.70. The van der Waals surface area contributed by atoms with Gasteiger partial charge in [-0.25, -0.2) is 9.18 Å². The van der Waals surface area contributed by atoms with Gasteiger partial charge in [-0.3, -0.25) is 4.79 Å². The smallest absolute Gasteiger partial charge is 0.344 e. The Bertz CT molecular complexity index is 887. The van der Waals surface area contributed by atoms with Gasteiger partial charge >= 0.3 is 5.97 Å². The van der Waals surface area contributed by atoms with E-state index in [0.29, 0.717) is 11.3 Å². The molecule has 0 atom stereocenters. The Hall–Kier alpha value is -2.86. The number of carbonyl (C=O) groups is 2. The number of hydrogen-bond acceptors (Lipinski definition) is 5. The molecule has 0 saturated carbocycles. The fourth-order valence-electron chi connectivity index (χ4n) is 2.38. The van der Waals surface area contributed by atoms with Crippen LogP contribution in [0, 0.1) is 5.82 Å². The molecule has 0 fully saturated rings. The molecule has 2 aromatic rings. The molecule has 0 radical (unpaired) electrons. The number of hydrogen-bond donors (Lipinski definition) is 0. The highest BCUT2D eigenvalue weighted by molar-refractivity contribution is 6.32. The Kier molecular flexibility index (Phi) is 5.23. The standard InChI is InChI=1S/C19H14ClFO5/c1-2-24-18(22)10-25-11-6-7-12-16(8-11)26-17(19(12)23)9-13-14(20)4-3-5-15(13)21/h3-9H,2,10H2,1H3/b17-9-. The lowest BCUT2D eigenvalue weighted by Gasteiger charge is -2.06. The number of carbonyl (C=O) groups excluding carboxylic acids is 2. The molecule has 5 nitrogen and oxygen atoms in total. The van der Waals surface area contributed by atoms with Gasteiger partial charge in [0.25, 0.3) is 0 Å². The van der Waals surface area contributed by atoms with Crippen LogP contribution in [0.5, 0.6) is 11.5 Å². The molecular weight excluding hydrogens is 363 g/mol. The number of benzene rings is 2. The number of halogens is 2. The zero-order valence-corrected chi connectivity index (χ0v) is 14.5. The molecule has 3 rings (SSSR count). The van der Waals surface area contributed by atoms with Crippen molar-refractivity contribution in [3.63, 3.8) is 0 Å². The van der Waals surface area contributed by atoms with Gasteiger partial charge in [0.1, 0.15) is 17.3 Å². The van der Waals surface area contributed by atoms with Crippen LogP contribution in [0.2, 0.25) is 5.02 Å². The van der Waals surface area contributed by atoms with E-state index in [1.54, 1.807) is 13.0 Å². The summed E-state index contributed by atoms with van der Waals surface area (Å²) in [7, 11) is 0.